The number of rotatable bonds is 3. The highest BCUT2D eigenvalue weighted by molar-refractivity contribution is 6.16. The van der Waals surface area contributed by atoms with E-state index in [1.54, 1.807) is 0 Å². The van der Waals surface area contributed by atoms with E-state index in [2.05, 4.69) is 0 Å². The Morgan fingerprint density at radius 1 is 1.50 bits per heavy atom. The molecule has 86 valence electrons. The van der Waals surface area contributed by atoms with Crippen LogP contribution in [0.25, 0.3) is 5.57 Å². The SMILES string of the molecule is COc1cccc(/C(C(=O)O)=C(\C)N)c1F. The predicted molar refractivity (Wildman–Crippen MR) is 57.4 cm³/mol. The van der Waals surface area contributed by atoms with E-state index in [-0.39, 0.29) is 22.6 Å². The number of aliphatic carboxylic acids is 1. The molecule has 0 aromatic heterocycles. The van der Waals surface area contributed by atoms with Crippen molar-refractivity contribution in [3.63, 3.8) is 0 Å². The molecule has 0 fully saturated rings. The molecule has 0 aliphatic heterocycles. The van der Waals surface area contributed by atoms with Gasteiger partial charge < -0.3 is 15.6 Å². The van der Waals surface area contributed by atoms with Crippen molar-refractivity contribution in [2.75, 3.05) is 7.11 Å². The van der Waals surface area contributed by atoms with E-state index in [9.17, 15) is 9.18 Å². The first-order valence-electron chi connectivity index (χ1n) is 4.51. The average molecular weight is 225 g/mol. The second-order valence-corrected chi connectivity index (χ2v) is 3.18. The predicted octanol–water partition coefficient (Wildman–Crippen LogP) is 1.61. The molecule has 0 aliphatic rings. The lowest BCUT2D eigenvalue weighted by molar-refractivity contribution is -0.130. The van der Waals surface area contributed by atoms with Gasteiger partial charge in [0.15, 0.2) is 11.6 Å². The van der Waals surface area contributed by atoms with Crippen LogP contribution < -0.4 is 10.5 Å². The van der Waals surface area contributed by atoms with Gasteiger partial charge in [-0.2, -0.15) is 0 Å². The van der Waals surface area contributed by atoms with E-state index < -0.39 is 11.8 Å². The number of carboxylic acid groups (broad SMARTS) is 1. The Kier molecular flexibility index (Phi) is 3.50. The van der Waals surface area contributed by atoms with E-state index in [4.69, 9.17) is 15.6 Å². The summed E-state index contributed by atoms with van der Waals surface area (Å²) in [6, 6.07) is 4.25. The first-order valence-corrected chi connectivity index (χ1v) is 4.51. The third kappa shape index (κ3) is 2.13. The molecule has 1 aromatic carbocycles. The van der Waals surface area contributed by atoms with Gasteiger partial charge in [-0.3, -0.25) is 0 Å². The Hall–Kier alpha value is -2.04. The summed E-state index contributed by atoms with van der Waals surface area (Å²) in [4.78, 5) is 10.9. The Balaban J connectivity index is 3.44. The summed E-state index contributed by atoms with van der Waals surface area (Å²) in [5, 5.41) is 8.94. The third-order valence-corrected chi connectivity index (χ3v) is 2.06. The molecule has 0 saturated heterocycles. The molecule has 16 heavy (non-hydrogen) atoms. The molecular weight excluding hydrogens is 213 g/mol. The summed E-state index contributed by atoms with van der Waals surface area (Å²) in [5.41, 5.74) is 5.13. The lowest BCUT2D eigenvalue weighted by Gasteiger charge is -2.09. The zero-order valence-electron chi connectivity index (χ0n) is 8.95. The van der Waals surface area contributed by atoms with Gasteiger partial charge in [0.25, 0.3) is 0 Å². The number of nitrogens with two attached hydrogens (primary N) is 1. The molecule has 3 N–H and O–H groups in total. The molecule has 4 nitrogen and oxygen atoms in total. The summed E-state index contributed by atoms with van der Waals surface area (Å²) >= 11 is 0. The summed E-state index contributed by atoms with van der Waals surface area (Å²) in [6.07, 6.45) is 0. The molecule has 0 amide bonds. The van der Waals surface area contributed by atoms with Crippen molar-refractivity contribution in [3.05, 3.63) is 35.3 Å². The molecule has 0 atom stereocenters. The maximum absolute atomic E-state index is 13.8. The van der Waals surface area contributed by atoms with Crippen LogP contribution in [0.1, 0.15) is 12.5 Å². The fourth-order valence-electron chi connectivity index (χ4n) is 1.36. The third-order valence-electron chi connectivity index (χ3n) is 2.06. The van der Waals surface area contributed by atoms with E-state index in [1.165, 1.54) is 32.2 Å². The van der Waals surface area contributed by atoms with Crippen LogP contribution in [0.5, 0.6) is 5.75 Å². The molecule has 0 bridgehead atoms. The number of hydrogen-bond acceptors (Lipinski definition) is 3. The van der Waals surface area contributed by atoms with Crippen molar-refractivity contribution in [1.29, 1.82) is 0 Å². The van der Waals surface area contributed by atoms with Gasteiger partial charge >= 0.3 is 5.97 Å². The normalized spacial score (nSPS) is 11.9. The number of allylic oxidation sites excluding steroid dienone is 1. The Labute approximate surface area is 92.1 Å². The van der Waals surface area contributed by atoms with Gasteiger partial charge in [-0.1, -0.05) is 12.1 Å². The van der Waals surface area contributed by atoms with Gasteiger partial charge in [0.1, 0.15) is 0 Å². The van der Waals surface area contributed by atoms with Crippen LogP contribution in [-0.2, 0) is 4.79 Å². The quantitative estimate of drug-likeness (QED) is 0.766. The molecule has 0 heterocycles. The van der Waals surface area contributed by atoms with Crippen LogP contribution in [0.2, 0.25) is 0 Å². The topological polar surface area (TPSA) is 72.5 Å². The van der Waals surface area contributed by atoms with Crippen LogP contribution in [0.15, 0.2) is 23.9 Å². The smallest absolute Gasteiger partial charge is 0.338 e. The Morgan fingerprint density at radius 2 is 2.12 bits per heavy atom. The van der Waals surface area contributed by atoms with Crippen molar-refractivity contribution in [3.8, 4) is 5.75 Å². The van der Waals surface area contributed by atoms with Gasteiger partial charge in [0.2, 0.25) is 0 Å². The molecule has 1 aromatic rings. The van der Waals surface area contributed by atoms with Crippen LogP contribution in [0.4, 0.5) is 4.39 Å². The van der Waals surface area contributed by atoms with Gasteiger partial charge in [-0.25, -0.2) is 9.18 Å². The molecule has 1 rings (SSSR count). The summed E-state index contributed by atoms with van der Waals surface area (Å²) in [7, 11) is 1.31. The standard InChI is InChI=1S/C11H12FNO3/c1-6(13)9(11(14)15)7-4-3-5-8(16-2)10(7)12/h3-5H,13H2,1-2H3,(H,14,15)/b9-6-. The maximum Gasteiger partial charge on any atom is 0.338 e. The monoisotopic (exact) mass is 225 g/mol. The second kappa shape index (κ2) is 4.65. The first-order chi connectivity index (χ1) is 7.49. The summed E-state index contributed by atoms with van der Waals surface area (Å²) in [5.74, 6) is -2.02. The van der Waals surface area contributed by atoms with Crippen molar-refractivity contribution in [1.82, 2.24) is 0 Å². The summed E-state index contributed by atoms with van der Waals surface area (Å²) < 4.78 is 18.5. The van der Waals surface area contributed by atoms with E-state index in [0.29, 0.717) is 0 Å². The molecule has 0 spiro atoms. The molecule has 0 aliphatic carbocycles. The minimum atomic E-state index is -1.27. The maximum atomic E-state index is 13.8. The van der Waals surface area contributed by atoms with Crippen molar-refractivity contribution in [2.24, 2.45) is 5.73 Å². The van der Waals surface area contributed by atoms with Crippen LogP contribution in [-0.4, -0.2) is 18.2 Å². The van der Waals surface area contributed by atoms with E-state index in [1.807, 2.05) is 0 Å². The fraction of sp³-hybridized carbons (Fsp3) is 0.182. The highest BCUT2D eigenvalue weighted by Crippen LogP contribution is 2.26. The lowest BCUT2D eigenvalue weighted by atomic mass is 10.0. The van der Waals surface area contributed by atoms with Crippen LogP contribution >= 0.6 is 0 Å². The average Bonchev–Trinajstić information content (AvgIpc) is 2.20. The van der Waals surface area contributed by atoms with Crippen molar-refractivity contribution >= 4 is 11.5 Å². The highest BCUT2D eigenvalue weighted by atomic mass is 19.1. The summed E-state index contributed by atoms with van der Waals surface area (Å²) in [6.45, 7) is 1.41. The minimum Gasteiger partial charge on any atom is -0.494 e. The molecule has 0 unspecified atom stereocenters. The largest absolute Gasteiger partial charge is 0.494 e. The number of methoxy groups -OCH3 is 1. The van der Waals surface area contributed by atoms with Crippen LogP contribution in [0, 0.1) is 5.82 Å². The number of benzene rings is 1. The molecular formula is C11H12FNO3. The van der Waals surface area contributed by atoms with Crippen molar-refractivity contribution < 1.29 is 19.0 Å². The zero-order chi connectivity index (χ0) is 12.3. The Morgan fingerprint density at radius 3 is 2.56 bits per heavy atom. The number of halogens is 1. The van der Waals surface area contributed by atoms with Gasteiger partial charge in [0.05, 0.1) is 12.7 Å². The molecule has 0 radical (unpaired) electrons. The zero-order valence-corrected chi connectivity index (χ0v) is 8.95. The van der Waals surface area contributed by atoms with Crippen LogP contribution in [0.3, 0.4) is 0 Å². The van der Waals surface area contributed by atoms with E-state index in [0.717, 1.165) is 0 Å². The van der Waals surface area contributed by atoms with Gasteiger partial charge in [0, 0.05) is 11.3 Å². The van der Waals surface area contributed by atoms with E-state index >= 15 is 0 Å². The molecule has 0 saturated carbocycles. The highest BCUT2D eigenvalue weighted by Gasteiger charge is 2.19. The molecule has 5 heteroatoms. The number of ether oxygens (including phenoxy) is 1. The first kappa shape index (κ1) is 12.0. The lowest BCUT2D eigenvalue weighted by Crippen LogP contribution is -2.09. The number of carboxylic acids is 1. The number of hydrogen-bond donors (Lipinski definition) is 2. The number of carbonyl (C=O) groups is 1. The fourth-order valence-corrected chi connectivity index (χ4v) is 1.36. The van der Waals surface area contributed by atoms with Gasteiger partial charge in [-0.05, 0) is 13.0 Å². The van der Waals surface area contributed by atoms with Crippen molar-refractivity contribution in [2.45, 2.75) is 6.92 Å². The Bertz CT molecular complexity index is 451. The second-order valence-electron chi connectivity index (χ2n) is 3.18. The van der Waals surface area contributed by atoms with Gasteiger partial charge in [-0.15, -0.1) is 0 Å². The minimum absolute atomic E-state index is 0.0162.